The van der Waals surface area contributed by atoms with Crippen molar-refractivity contribution in [1.82, 2.24) is 10.6 Å². The highest BCUT2D eigenvalue weighted by atomic mass is 16.5. The smallest absolute Gasteiger partial charge is 0.315 e. The summed E-state index contributed by atoms with van der Waals surface area (Å²) in [6.07, 6.45) is 7.76. The molecule has 0 radical (unpaired) electrons. The normalized spacial score (nSPS) is 28.5. The van der Waals surface area contributed by atoms with E-state index in [1.165, 1.54) is 29.5 Å². The fourth-order valence-corrected chi connectivity index (χ4v) is 4.51. The van der Waals surface area contributed by atoms with E-state index in [1.54, 1.807) is 0 Å². The molecule has 1 fully saturated rings. The van der Waals surface area contributed by atoms with Gasteiger partial charge in [-0.25, -0.2) is 4.79 Å². The molecule has 3 aliphatic rings. The molecular formula is C20H26N2O2. The molecule has 4 nitrogen and oxygen atoms in total. The number of urea groups is 1. The first-order valence-electron chi connectivity index (χ1n) is 9.16. The Bertz CT molecular complexity index is 607. The maximum atomic E-state index is 12.4. The van der Waals surface area contributed by atoms with Gasteiger partial charge in [-0.15, -0.1) is 0 Å². The molecule has 2 aliphatic carbocycles. The van der Waals surface area contributed by atoms with E-state index in [9.17, 15) is 4.79 Å². The van der Waals surface area contributed by atoms with Crippen molar-refractivity contribution >= 4 is 6.03 Å². The van der Waals surface area contributed by atoms with E-state index < -0.39 is 0 Å². The van der Waals surface area contributed by atoms with Crippen LogP contribution in [0.5, 0.6) is 0 Å². The van der Waals surface area contributed by atoms with Crippen LogP contribution in [0.1, 0.15) is 30.4 Å². The first kappa shape index (κ1) is 15.7. The summed E-state index contributed by atoms with van der Waals surface area (Å²) in [4.78, 5) is 12.4. The van der Waals surface area contributed by atoms with Gasteiger partial charge in [0.25, 0.3) is 0 Å². The summed E-state index contributed by atoms with van der Waals surface area (Å²) >= 11 is 0. The molecule has 2 unspecified atom stereocenters. The van der Waals surface area contributed by atoms with E-state index in [4.69, 9.17) is 4.74 Å². The number of ether oxygens (including phenoxy) is 1. The van der Waals surface area contributed by atoms with E-state index in [2.05, 4.69) is 41.0 Å². The van der Waals surface area contributed by atoms with E-state index in [0.717, 1.165) is 25.9 Å². The predicted octanol–water partition coefficient (Wildman–Crippen LogP) is 2.83. The average Bonchev–Trinajstić information content (AvgIpc) is 2.88. The number of nitrogens with one attached hydrogen (secondary N) is 2. The molecule has 2 amide bonds. The van der Waals surface area contributed by atoms with Crippen LogP contribution in [0.2, 0.25) is 0 Å². The molecular weight excluding hydrogens is 300 g/mol. The Morgan fingerprint density at radius 2 is 1.83 bits per heavy atom. The van der Waals surface area contributed by atoms with Gasteiger partial charge in [-0.2, -0.15) is 0 Å². The molecule has 1 aliphatic heterocycles. The Morgan fingerprint density at radius 3 is 2.46 bits per heavy atom. The quantitative estimate of drug-likeness (QED) is 0.839. The van der Waals surface area contributed by atoms with Crippen molar-refractivity contribution in [3.63, 3.8) is 0 Å². The number of carbonyl (C=O) groups excluding carboxylic acids is 1. The van der Waals surface area contributed by atoms with Crippen molar-refractivity contribution in [3.8, 4) is 0 Å². The molecule has 24 heavy (non-hydrogen) atoms. The van der Waals surface area contributed by atoms with Crippen LogP contribution in [0.15, 0.2) is 35.9 Å². The monoisotopic (exact) mass is 326 g/mol. The molecule has 2 bridgehead atoms. The van der Waals surface area contributed by atoms with Crippen molar-refractivity contribution in [1.29, 1.82) is 0 Å². The number of amides is 2. The summed E-state index contributed by atoms with van der Waals surface area (Å²) in [6, 6.07) is 9.04. The first-order chi connectivity index (χ1) is 11.8. The Balaban J connectivity index is 1.36. The Hall–Kier alpha value is -1.81. The minimum Gasteiger partial charge on any atom is -0.377 e. The second kappa shape index (κ2) is 6.98. The van der Waals surface area contributed by atoms with E-state index >= 15 is 0 Å². The van der Waals surface area contributed by atoms with Crippen LogP contribution in [0.3, 0.4) is 0 Å². The van der Waals surface area contributed by atoms with Gasteiger partial charge in [-0.05, 0) is 60.6 Å². The molecule has 0 spiro atoms. The molecule has 1 aromatic carbocycles. The highest BCUT2D eigenvalue weighted by Crippen LogP contribution is 2.39. The van der Waals surface area contributed by atoms with Gasteiger partial charge < -0.3 is 15.4 Å². The van der Waals surface area contributed by atoms with Crippen molar-refractivity contribution in [2.75, 3.05) is 19.8 Å². The van der Waals surface area contributed by atoms with Gasteiger partial charge in [-0.1, -0.05) is 30.3 Å². The van der Waals surface area contributed by atoms with E-state index in [-0.39, 0.29) is 6.03 Å². The molecule has 2 N–H and O–H groups in total. The fraction of sp³-hybridized carbons (Fsp3) is 0.550. The summed E-state index contributed by atoms with van der Waals surface area (Å²) in [6.45, 7) is 2.03. The zero-order valence-electron chi connectivity index (χ0n) is 14.1. The van der Waals surface area contributed by atoms with Crippen molar-refractivity contribution in [2.24, 2.45) is 11.8 Å². The summed E-state index contributed by atoms with van der Waals surface area (Å²) < 4.78 is 5.42. The SMILES string of the molecule is O=C(NCC1=CCCOC1)NC1C2CCC1Cc1ccccc1C2. The Labute approximate surface area is 143 Å². The summed E-state index contributed by atoms with van der Waals surface area (Å²) in [7, 11) is 0. The maximum Gasteiger partial charge on any atom is 0.315 e. The van der Waals surface area contributed by atoms with E-state index in [1.807, 2.05) is 0 Å². The number of hydrogen-bond donors (Lipinski definition) is 2. The van der Waals surface area contributed by atoms with Crippen LogP contribution in [0.4, 0.5) is 4.79 Å². The number of hydrogen-bond acceptors (Lipinski definition) is 2. The molecule has 0 aromatic heterocycles. The topological polar surface area (TPSA) is 50.4 Å². The number of carbonyl (C=O) groups is 1. The largest absolute Gasteiger partial charge is 0.377 e. The van der Waals surface area contributed by atoms with Crippen LogP contribution < -0.4 is 10.6 Å². The van der Waals surface area contributed by atoms with Crippen molar-refractivity contribution in [3.05, 3.63) is 47.0 Å². The molecule has 1 saturated carbocycles. The average molecular weight is 326 g/mol. The third kappa shape index (κ3) is 3.34. The minimum atomic E-state index is -0.0330. The summed E-state index contributed by atoms with van der Waals surface area (Å²) in [5.41, 5.74) is 4.12. The van der Waals surface area contributed by atoms with Crippen LogP contribution in [-0.4, -0.2) is 31.8 Å². The summed E-state index contributed by atoms with van der Waals surface area (Å²) in [5, 5.41) is 6.29. The number of fused-ring (bicyclic) bond motifs is 3. The van der Waals surface area contributed by atoms with Crippen molar-refractivity contribution < 1.29 is 9.53 Å². The van der Waals surface area contributed by atoms with Crippen LogP contribution in [-0.2, 0) is 17.6 Å². The predicted molar refractivity (Wildman–Crippen MR) is 93.9 cm³/mol. The standard InChI is InChI=1S/C20H26N2O2/c23-20(21-12-14-4-3-9-24-13-14)22-19-17-7-8-18(19)11-16-6-2-1-5-15(16)10-17/h1-2,4-6,17-19H,3,7-13H2,(H2,21,22,23). The molecule has 2 atom stereocenters. The molecule has 1 heterocycles. The molecule has 0 saturated heterocycles. The lowest BCUT2D eigenvalue weighted by Crippen LogP contribution is -2.47. The highest BCUT2D eigenvalue weighted by Gasteiger charge is 2.39. The van der Waals surface area contributed by atoms with Crippen molar-refractivity contribution in [2.45, 2.75) is 38.1 Å². The van der Waals surface area contributed by atoms with Gasteiger partial charge in [0.05, 0.1) is 13.2 Å². The van der Waals surface area contributed by atoms with Gasteiger partial charge in [0, 0.05) is 12.6 Å². The van der Waals surface area contributed by atoms with Crippen LogP contribution >= 0.6 is 0 Å². The second-order valence-electron chi connectivity index (χ2n) is 7.33. The van der Waals surface area contributed by atoms with E-state index in [0.29, 0.717) is 31.0 Å². The third-order valence-electron chi connectivity index (χ3n) is 5.76. The maximum absolute atomic E-state index is 12.4. The van der Waals surface area contributed by atoms with Gasteiger partial charge in [0.1, 0.15) is 0 Å². The second-order valence-corrected chi connectivity index (χ2v) is 7.33. The number of benzene rings is 1. The lowest BCUT2D eigenvalue weighted by atomic mass is 9.94. The van der Waals surface area contributed by atoms with Gasteiger partial charge >= 0.3 is 6.03 Å². The van der Waals surface area contributed by atoms with Gasteiger partial charge in [-0.3, -0.25) is 0 Å². The van der Waals surface area contributed by atoms with Gasteiger partial charge in [0.15, 0.2) is 0 Å². The zero-order valence-corrected chi connectivity index (χ0v) is 14.1. The lowest BCUT2D eigenvalue weighted by molar-refractivity contribution is 0.149. The Morgan fingerprint density at radius 1 is 1.12 bits per heavy atom. The first-order valence-corrected chi connectivity index (χ1v) is 9.16. The minimum absolute atomic E-state index is 0.0330. The molecule has 4 heteroatoms. The highest BCUT2D eigenvalue weighted by molar-refractivity contribution is 5.74. The van der Waals surface area contributed by atoms with Crippen LogP contribution in [0, 0.1) is 11.8 Å². The number of rotatable bonds is 3. The molecule has 1 aromatic rings. The Kier molecular flexibility index (Phi) is 4.56. The zero-order chi connectivity index (χ0) is 16.4. The molecule has 4 rings (SSSR count). The van der Waals surface area contributed by atoms with Gasteiger partial charge in [0.2, 0.25) is 0 Å². The van der Waals surface area contributed by atoms with Crippen LogP contribution in [0.25, 0.3) is 0 Å². The fourth-order valence-electron chi connectivity index (χ4n) is 4.51. The third-order valence-corrected chi connectivity index (χ3v) is 5.76. The summed E-state index contributed by atoms with van der Waals surface area (Å²) in [5.74, 6) is 1.14. The lowest BCUT2D eigenvalue weighted by Gasteiger charge is -2.24. The molecule has 128 valence electrons.